The summed E-state index contributed by atoms with van der Waals surface area (Å²) in [5.41, 5.74) is 4.17. The molecule has 1 aliphatic rings. The molecule has 1 amide bonds. The number of ether oxygens (including phenoxy) is 1. The van der Waals surface area contributed by atoms with Crippen LogP contribution in [0.4, 0.5) is 5.69 Å². The predicted octanol–water partition coefficient (Wildman–Crippen LogP) is 3.39. The first kappa shape index (κ1) is 25.7. The average Bonchev–Trinajstić information content (AvgIpc) is 3.23. The van der Waals surface area contributed by atoms with Crippen molar-refractivity contribution in [3.05, 3.63) is 94.7 Å². The number of para-hydroxylation sites is 1. The summed E-state index contributed by atoms with van der Waals surface area (Å²) >= 11 is 0. The average molecular weight is 515 g/mol. The number of nitrogens with one attached hydrogen (secondary N) is 1. The van der Waals surface area contributed by atoms with Crippen LogP contribution in [0, 0.1) is 0 Å². The minimum absolute atomic E-state index is 0.108. The lowest BCUT2D eigenvalue weighted by Crippen LogP contribution is -2.34. The van der Waals surface area contributed by atoms with Crippen LogP contribution in [0.2, 0.25) is 0 Å². The molecule has 0 spiro atoms. The Morgan fingerprint density at radius 2 is 1.76 bits per heavy atom. The molecular formula is C30H30N2O6. The van der Waals surface area contributed by atoms with Crippen molar-refractivity contribution in [3.8, 4) is 5.75 Å². The van der Waals surface area contributed by atoms with E-state index in [0.29, 0.717) is 28.1 Å². The van der Waals surface area contributed by atoms with Crippen LogP contribution in [-0.4, -0.2) is 57.0 Å². The highest BCUT2D eigenvalue weighted by molar-refractivity contribution is 6.21. The lowest BCUT2D eigenvalue weighted by molar-refractivity contribution is -0.0339. The van der Waals surface area contributed by atoms with Gasteiger partial charge in [-0.1, -0.05) is 38.1 Å². The molecule has 1 heterocycles. The van der Waals surface area contributed by atoms with E-state index >= 15 is 0 Å². The standard InChI is InChI=1S/C30H30N2O6/c1-30(2)22-14-19(38-16-25(35)24(34)15-33)10-12-20(22)27(36)26-21-11-9-17(13-23(21)32(3)28(26)30)29(37)31-18-7-5-4-6-8-18/h4-14,24-25,33-35H,15-16H2,1-3H3,(H,31,37)/t24-,25-/m1/s1. The first-order valence-electron chi connectivity index (χ1n) is 12.4. The summed E-state index contributed by atoms with van der Waals surface area (Å²) in [7, 11) is 1.90. The Morgan fingerprint density at radius 1 is 1.03 bits per heavy atom. The summed E-state index contributed by atoms with van der Waals surface area (Å²) in [6.07, 6.45) is -2.55. The van der Waals surface area contributed by atoms with Crippen LogP contribution in [0.15, 0.2) is 66.7 Å². The topological polar surface area (TPSA) is 121 Å². The molecule has 4 aromatic rings. The predicted molar refractivity (Wildman–Crippen MR) is 144 cm³/mol. The molecule has 0 saturated heterocycles. The number of rotatable bonds is 7. The highest BCUT2D eigenvalue weighted by atomic mass is 16.5. The third-order valence-corrected chi connectivity index (χ3v) is 7.27. The van der Waals surface area contributed by atoms with Crippen LogP contribution in [0.25, 0.3) is 10.9 Å². The molecule has 8 nitrogen and oxygen atoms in total. The van der Waals surface area contributed by atoms with Crippen LogP contribution >= 0.6 is 0 Å². The number of carbonyl (C=O) groups is 2. The van der Waals surface area contributed by atoms with Gasteiger partial charge < -0.3 is 29.9 Å². The molecule has 0 radical (unpaired) electrons. The Balaban J connectivity index is 1.52. The summed E-state index contributed by atoms with van der Waals surface area (Å²) < 4.78 is 7.64. The maximum Gasteiger partial charge on any atom is 0.255 e. The second-order valence-corrected chi connectivity index (χ2v) is 10.1. The van der Waals surface area contributed by atoms with Gasteiger partial charge in [0.25, 0.3) is 5.91 Å². The van der Waals surface area contributed by atoms with Gasteiger partial charge in [-0.15, -0.1) is 0 Å². The number of anilines is 1. The number of benzene rings is 3. The fourth-order valence-electron chi connectivity index (χ4n) is 5.27. The van der Waals surface area contributed by atoms with E-state index in [1.54, 1.807) is 24.3 Å². The molecule has 3 aromatic carbocycles. The molecule has 4 N–H and O–H groups in total. The Bertz CT molecular complexity index is 1540. The summed E-state index contributed by atoms with van der Waals surface area (Å²) in [5, 5.41) is 32.2. The summed E-state index contributed by atoms with van der Waals surface area (Å²) in [6, 6.07) is 19.8. The Labute approximate surface area is 220 Å². The van der Waals surface area contributed by atoms with Crippen LogP contribution in [0.3, 0.4) is 0 Å². The van der Waals surface area contributed by atoms with Crippen LogP contribution < -0.4 is 10.1 Å². The summed E-state index contributed by atoms with van der Waals surface area (Å²) in [5.74, 6) is 0.0982. The van der Waals surface area contributed by atoms with E-state index in [1.807, 2.05) is 67.9 Å². The van der Waals surface area contributed by atoms with E-state index in [4.69, 9.17) is 9.84 Å². The zero-order valence-electron chi connectivity index (χ0n) is 21.4. The van der Waals surface area contributed by atoms with Crippen LogP contribution in [0.1, 0.15) is 51.4 Å². The third-order valence-electron chi connectivity index (χ3n) is 7.27. The first-order valence-corrected chi connectivity index (χ1v) is 12.4. The van der Waals surface area contributed by atoms with Gasteiger partial charge in [-0.3, -0.25) is 9.59 Å². The molecule has 0 aliphatic heterocycles. The minimum atomic E-state index is -1.30. The number of amides is 1. The fraction of sp³-hybridized carbons (Fsp3) is 0.267. The molecule has 0 saturated carbocycles. The summed E-state index contributed by atoms with van der Waals surface area (Å²) in [4.78, 5) is 26.7. The molecule has 196 valence electrons. The molecule has 0 bridgehead atoms. The zero-order chi connectivity index (χ0) is 27.2. The second-order valence-electron chi connectivity index (χ2n) is 10.1. The number of hydrogen-bond donors (Lipinski definition) is 4. The van der Waals surface area contributed by atoms with Crippen molar-refractivity contribution in [1.82, 2.24) is 4.57 Å². The van der Waals surface area contributed by atoms with Gasteiger partial charge in [-0.2, -0.15) is 0 Å². The monoisotopic (exact) mass is 514 g/mol. The maximum atomic E-state index is 13.8. The fourth-order valence-corrected chi connectivity index (χ4v) is 5.27. The van der Waals surface area contributed by atoms with Crippen molar-refractivity contribution in [2.45, 2.75) is 31.5 Å². The molecule has 0 fully saturated rings. The molecule has 38 heavy (non-hydrogen) atoms. The van der Waals surface area contributed by atoms with Gasteiger partial charge in [0, 0.05) is 45.9 Å². The van der Waals surface area contributed by atoms with Gasteiger partial charge >= 0.3 is 0 Å². The largest absolute Gasteiger partial charge is 0.491 e. The molecular weight excluding hydrogens is 484 g/mol. The molecule has 5 rings (SSSR count). The minimum Gasteiger partial charge on any atom is -0.491 e. The van der Waals surface area contributed by atoms with Crippen molar-refractivity contribution in [2.75, 3.05) is 18.5 Å². The zero-order valence-corrected chi connectivity index (χ0v) is 21.4. The van der Waals surface area contributed by atoms with Crippen LogP contribution in [-0.2, 0) is 12.5 Å². The van der Waals surface area contributed by atoms with Crippen molar-refractivity contribution < 1.29 is 29.6 Å². The van der Waals surface area contributed by atoms with E-state index in [0.717, 1.165) is 22.2 Å². The van der Waals surface area contributed by atoms with Gasteiger partial charge in [-0.05, 0) is 48.0 Å². The quantitative estimate of drug-likeness (QED) is 0.300. The van der Waals surface area contributed by atoms with Crippen molar-refractivity contribution in [3.63, 3.8) is 0 Å². The maximum absolute atomic E-state index is 13.8. The highest BCUT2D eigenvalue weighted by Crippen LogP contribution is 2.46. The Morgan fingerprint density at radius 3 is 2.47 bits per heavy atom. The number of aryl methyl sites for hydroxylation is 1. The molecule has 2 atom stereocenters. The van der Waals surface area contributed by atoms with Gasteiger partial charge in [0.2, 0.25) is 0 Å². The van der Waals surface area contributed by atoms with Gasteiger partial charge in [0.05, 0.1) is 12.2 Å². The third kappa shape index (κ3) is 4.26. The molecule has 0 unspecified atom stereocenters. The number of ketones is 1. The number of fused-ring (bicyclic) bond motifs is 4. The number of aliphatic hydroxyl groups excluding tert-OH is 3. The van der Waals surface area contributed by atoms with Gasteiger partial charge in [0.1, 0.15) is 24.6 Å². The number of aromatic nitrogens is 1. The number of hydrogen-bond acceptors (Lipinski definition) is 6. The second kappa shape index (κ2) is 9.72. The molecule has 1 aromatic heterocycles. The van der Waals surface area contributed by atoms with E-state index in [1.165, 1.54) is 0 Å². The first-order chi connectivity index (χ1) is 18.1. The van der Waals surface area contributed by atoms with Crippen molar-refractivity contribution >= 4 is 28.3 Å². The van der Waals surface area contributed by atoms with E-state index in [2.05, 4.69) is 5.32 Å². The highest BCUT2D eigenvalue weighted by Gasteiger charge is 2.41. The lowest BCUT2D eigenvalue weighted by Gasteiger charge is -2.34. The lowest BCUT2D eigenvalue weighted by atomic mass is 9.71. The Kier molecular flexibility index (Phi) is 6.56. The van der Waals surface area contributed by atoms with E-state index in [-0.39, 0.29) is 18.3 Å². The van der Waals surface area contributed by atoms with Gasteiger partial charge in [-0.25, -0.2) is 0 Å². The van der Waals surface area contributed by atoms with Crippen LogP contribution in [0.5, 0.6) is 5.75 Å². The Hall–Kier alpha value is -3.98. The number of carbonyl (C=O) groups excluding carboxylic acids is 2. The number of aliphatic hydroxyl groups is 3. The number of nitrogens with zero attached hydrogens (tertiary/aromatic N) is 1. The SMILES string of the molecule is Cn1c2c(c3ccc(C(=O)Nc4ccccc4)cc31)C(=O)c1ccc(OC[C@@H](O)[C@H](O)CO)cc1C2(C)C. The van der Waals surface area contributed by atoms with Gasteiger partial charge in [0.15, 0.2) is 5.78 Å². The van der Waals surface area contributed by atoms with E-state index in [9.17, 15) is 19.8 Å². The smallest absolute Gasteiger partial charge is 0.255 e. The summed E-state index contributed by atoms with van der Waals surface area (Å²) in [6.45, 7) is 3.29. The van der Waals surface area contributed by atoms with Crippen molar-refractivity contribution in [1.29, 1.82) is 0 Å². The van der Waals surface area contributed by atoms with E-state index < -0.39 is 24.2 Å². The normalized spacial score (nSPS) is 15.5. The van der Waals surface area contributed by atoms with Crippen molar-refractivity contribution in [2.24, 2.45) is 7.05 Å². The molecule has 8 heteroatoms. The molecule has 1 aliphatic carbocycles.